The van der Waals surface area contributed by atoms with Gasteiger partial charge in [0.25, 0.3) is 10.0 Å². The lowest BCUT2D eigenvalue weighted by Gasteiger charge is -2.34. The van der Waals surface area contributed by atoms with Crippen molar-refractivity contribution >= 4 is 50.7 Å². The Labute approximate surface area is 275 Å². The highest BCUT2D eigenvalue weighted by Gasteiger charge is 2.34. The van der Waals surface area contributed by atoms with Crippen molar-refractivity contribution in [1.29, 1.82) is 0 Å². The summed E-state index contributed by atoms with van der Waals surface area (Å²) in [5, 5.41) is 3.85. The molecule has 0 radical (unpaired) electrons. The van der Waals surface area contributed by atoms with Crippen LogP contribution in [0.15, 0.2) is 108 Å². The number of sulfonamides is 1. The van der Waals surface area contributed by atoms with Crippen LogP contribution in [0.4, 0.5) is 5.69 Å². The number of halogens is 2. The second-order valence-corrected chi connectivity index (χ2v) is 14.0. The van der Waals surface area contributed by atoms with E-state index in [1.165, 1.54) is 29.2 Å². The van der Waals surface area contributed by atoms with Crippen LogP contribution in [-0.2, 0) is 32.6 Å². The molecule has 0 spiro atoms. The molecule has 10 heteroatoms. The first-order chi connectivity index (χ1) is 21.4. The Hall–Kier alpha value is -3.85. The first-order valence-corrected chi connectivity index (χ1v) is 16.8. The number of rotatable bonds is 13. The summed E-state index contributed by atoms with van der Waals surface area (Å²) < 4.78 is 29.3. The summed E-state index contributed by atoms with van der Waals surface area (Å²) in [6.07, 6.45) is 0.228. The van der Waals surface area contributed by atoms with Crippen molar-refractivity contribution in [3.05, 3.63) is 130 Å². The van der Waals surface area contributed by atoms with Crippen LogP contribution >= 0.6 is 23.2 Å². The zero-order valence-corrected chi connectivity index (χ0v) is 27.8. The summed E-state index contributed by atoms with van der Waals surface area (Å²) in [4.78, 5) is 29.8. The van der Waals surface area contributed by atoms with Gasteiger partial charge >= 0.3 is 0 Å². The largest absolute Gasteiger partial charge is 0.354 e. The molecule has 2 amide bonds. The Morgan fingerprint density at radius 1 is 0.800 bits per heavy atom. The fraction of sp³-hybridized carbons (Fsp3) is 0.257. The summed E-state index contributed by atoms with van der Waals surface area (Å²) in [6.45, 7) is 5.74. The van der Waals surface area contributed by atoms with Gasteiger partial charge in [0.2, 0.25) is 11.8 Å². The van der Waals surface area contributed by atoms with Gasteiger partial charge in [-0.25, -0.2) is 8.42 Å². The van der Waals surface area contributed by atoms with E-state index in [1.54, 1.807) is 36.4 Å². The maximum absolute atomic E-state index is 14.5. The number of anilines is 1. The lowest BCUT2D eigenvalue weighted by atomic mass is 10.0. The van der Waals surface area contributed by atoms with Crippen molar-refractivity contribution in [3.63, 3.8) is 0 Å². The number of hydrogen-bond donors (Lipinski definition) is 1. The number of hydrogen-bond acceptors (Lipinski definition) is 4. The molecule has 0 aliphatic carbocycles. The van der Waals surface area contributed by atoms with E-state index in [4.69, 9.17) is 23.2 Å². The first-order valence-electron chi connectivity index (χ1n) is 14.6. The fourth-order valence-electron chi connectivity index (χ4n) is 4.85. The van der Waals surface area contributed by atoms with Crippen LogP contribution in [0.3, 0.4) is 0 Å². The monoisotopic (exact) mass is 665 g/mol. The van der Waals surface area contributed by atoms with Gasteiger partial charge in [-0.05, 0) is 78.1 Å². The Bertz CT molecular complexity index is 1710. The van der Waals surface area contributed by atoms with Gasteiger partial charge in [0, 0.05) is 29.6 Å². The molecule has 7 nitrogen and oxygen atoms in total. The van der Waals surface area contributed by atoms with E-state index < -0.39 is 28.5 Å². The van der Waals surface area contributed by atoms with E-state index in [2.05, 4.69) is 5.32 Å². The van der Waals surface area contributed by atoms with E-state index in [1.807, 2.05) is 63.2 Å². The minimum absolute atomic E-state index is 0.0156. The maximum Gasteiger partial charge on any atom is 0.264 e. The molecular formula is C35H37Cl2N3O4S. The molecule has 0 fully saturated rings. The van der Waals surface area contributed by atoms with Crippen molar-refractivity contribution in [2.45, 2.75) is 44.7 Å². The molecule has 45 heavy (non-hydrogen) atoms. The number of aryl methyl sites for hydroxylation is 1. The molecule has 0 aliphatic heterocycles. The summed E-state index contributed by atoms with van der Waals surface area (Å²) in [5.41, 5.74) is 2.70. The van der Waals surface area contributed by atoms with Gasteiger partial charge in [-0.1, -0.05) is 91.6 Å². The Morgan fingerprint density at radius 3 is 2.11 bits per heavy atom. The van der Waals surface area contributed by atoms with Crippen LogP contribution in [0.2, 0.25) is 10.0 Å². The van der Waals surface area contributed by atoms with Crippen LogP contribution in [0.5, 0.6) is 0 Å². The molecule has 1 unspecified atom stereocenters. The molecule has 0 aromatic heterocycles. The normalized spacial score (nSPS) is 12.0. The Balaban J connectivity index is 1.80. The van der Waals surface area contributed by atoms with E-state index in [9.17, 15) is 18.0 Å². The molecule has 1 N–H and O–H groups in total. The zero-order valence-electron chi connectivity index (χ0n) is 25.5. The van der Waals surface area contributed by atoms with Crippen molar-refractivity contribution in [2.75, 3.05) is 17.4 Å². The van der Waals surface area contributed by atoms with Crippen LogP contribution < -0.4 is 9.62 Å². The highest BCUT2D eigenvalue weighted by molar-refractivity contribution is 7.92. The van der Waals surface area contributed by atoms with E-state index >= 15 is 0 Å². The quantitative estimate of drug-likeness (QED) is 0.168. The average Bonchev–Trinajstić information content (AvgIpc) is 3.01. The minimum Gasteiger partial charge on any atom is -0.354 e. The minimum atomic E-state index is -4.22. The fourth-order valence-corrected chi connectivity index (χ4v) is 6.60. The van der Waals surface area contributed by atoms with Crippen LogP contribution in [-0.4, -0.2) is 44.3 Å². The molecule has 4 rings (SSSR count). The van der Waals surface area contributed by atoms with Crippen molar-refractivity contribution in [2.24, 2.45) is 5.92 Å². The molecule has 0 aliphatic rings. The third-order valence-corrected chi connectivity index (χ3v) is 9.44. The standard InChI is InChI=1S/C35H37Cl2N3O4S/c1-25(2)22-38-35(42)33(21-27-10-5-4-6-11-27)39(23-28-12-8-13-30(37)20-28)34(41)24-40(31-14-7-9-26(3)19-31)45(43,44)32-17-15-29(36)16-18-32/h4-20,25,33H,21-24H2,1-3H3,(H,38,42). The predicted octanol–water partition coefficient (Wildman–Crippen LogP) is 6.91. The molecule has 0 bridgehead atoms. The third-order valence-electron chi connectivity index (χ3n) is 7.17. The lowest BCUT2D eigenvalue weighted by Crippen LogP contribution is -2.53. The van der Waals surface area contributed by atoms with E-state index in [-0.39, 0.29) is 29.7 Å². The summed E-state index contributed by atoms with van der Waals surface area (Å²) in [7, 11) is -4.22. The Kier molecular flexibility index (Phi) is 11.7. The van der Waals surface area contributed by atoms with E-state index in [0.717, 1.165) is 15.4 Å². The van der Waals surface area contributed by atoms with Gasteiger partial charge in [0.1, 0.15) is 12.6 Å². The maximum atomic E-state index is 14.5. The summed E-state index contributed by atoms with van der Waals surface area (Å²) in [6, 6.07) is 28.3. The van der Waals surface area contributed by atoms with Gasteiger partial charge in [-0.2, -0.15) is 0 Å². The van der Waals surface area contributed by atoms with Crippen molar-refractivity contribution in [1.82, 2.24) is 10.2 Å². The van der Waals surface area contributed by atoms with Gasteiger partial charge < -0.3 is 10.2 Å². The number of carbonyl (C=O) groups excluding carboxylic acids is 2. The topological polar surface area (TPSA) is 86.8 Å². The van der Waals surface area contributed by atoms with Crippen molar-refractivity contribution in [3.8, 4) is 0 Å². The number of carbonyl (C=O) groups is 2. The molecule has 0 saturated carbocycles. The Morgan fingerprint density at radius 2 is 1.47 bits per heavy atom. The molecular weight excluding hydrogens is 629 g/mol. The second-order valence-electron chi connectivity index (χ2n) is 11.3. The zero-order chi connectivity index (χ0) is 32.6. The lowest BCUT2D eigenvalue weighted by molar-refractivity contribution is -0.140. The van der Waals surface area contributed by atoms with Gasteiger partial charge in [-0.15, -0.1) is 0 Å². The smallest absolute Gasteiger partial charge is 0.264 e. The average molecular weight is 667 g/mol. The number of amides is 2. The molecule has 4 aromatic rings. The highest BCUT2D eigenvalue weighted by Crippen LogP contribution is 2.27. The SMILES string of the molecule is Cc1cccc(N(CC(=O)N(Cc2cccc(Cl)c2)C(Cc2ccccc2)C(=O)NCC(C)C)S(=O)(=O)c2ccc(Cl)cc2)c1. The highest BCUT2D eigenvalue weighted by atomic mass is 35.5. The van der Waals surface area contributed by atoms with Crippen LogP contribution in [0, 0.1) is 12.8 Å². The molecule has 4 aromatic carbocycles. The summed E-state index contributed by atoms with van der Waals surface area (Å²) in [5.74, 6) is -0.690. The number of nitrogens with zero attached hydrogens (tertiary/aromatic N) is 2. The number of nitrogens with one attached hydrogen (secondary N) is 1. The van der Waals surface area contributed by atoms with Gasteiger partial charge in [-0.3, -0.25) is 13.9 Å². The van der Waals surface area contributed by atoms with Crippen molar-refractivity contribution < 1.29 is 18.0 Å². The number of benzene rings is 4. The first kappa shape index (κ1) is 34.0. The summed E-state index contributed by atoms with van der Waals surface area (Å²) >= 11 is 12.4. The third kappa shape index (κ3) is 9.33. The van der Waals surface area contributed by atoms with Crippen LogP contribution in [0.1, 0.15) is 30.5 Å². The second kappa shape index (κ2) is 15.4. The predicted molar refractivity (Wildman–Crippen MR) is 181 cm³/mol. The van der Waals surface area contributed by atoms with Gasteiger partial charge in [0.15, 0.2) is 0 Å². The van der Waals surface area contributed by atoms with E-state index in [0.29, 0.717) is 27.8 Å². The molecule has 236 valence electrons. The molecule has 1 atom stereocenters. The van der Waals surface area contributed by atoms with Crippen LogP contribution in [0.25, 0.3) is 0 Å². The van der Waals surface area contributed by atoms with Gasteiger partial charge in [0.05, 0.1) is 10.6 Å². The molecule has 0 heterocycles. The molecule has 0 saturated heterocycles.